The van der Waals surface area contributed by atoms with Crippen LogP contribution in [0.2, 0.25) is 10.0 Å². The zero-order chi connectivity index (χ0) is 17.6. The topological polar surface area (TPSA) is 36.4 Å². The van der Waals surface area contributed by atoms with Gasteiger partial charge in [0.05, 0.1) is 10.7 Å². The van der Waals surface area contributed by atoms with E-state index in [2.05, 4.69) is 9.88 Å². The first-order chi connectivity index (χ1) is 12.1. The van der Waals surface area contributed by atoms with Gasteiger partial charge in [0.25, 0.3) is 0 Å². The molecule has 0 aliphatic carbocycles. The molecule has 0 unspecified atom stereocenters. The molecule has 1 amide bonds. The number of piperazine rings is 1. The normalized spacial score (nSPS) is 14.6. The van der Waals surface area contributed by atoms with E-state index in [1.165, 1.54) is 5.56 Å². The van der Waals surface area contributed by atoms with Crippen LogP contribution in [0.4, 0.5) is 5.69 Å². The Balaban J connectivity index is 1.46. The van der Waals surface area contributed by atoms with Crippen LogP contribution in [0, 0.1) is 0 Å². The van der Waals surface area contributed by atoms with Gasteiger partial charge in [-0.1, -0.05) is 23.2 Å². The van der Waals surface area contributed by atoms with E-state index in [-0.39, 0.29) is 5.91 Å². The number of carbonyl (C=O) groups excluding carboxylic acids is 1. The highest BCUT2D eigenvalue weighted by molar-refractivity contribution is 6.36. The van der Waals surface area contributed by atoms with Crippen molar-refractivity contribution in [2.45, 2.75) is 19.3 Å². The Morgan fingerprint density at radius 1 is 1.04 bits per heavy atom. The minimum Gasteiger partial charge on any atom is -0.367 e. The molecule has 1 aromatic carbocycles. The summed E-state index contributed by atoms with van der Waals surface area (Å²) in [4.78, 5) is 20.6. The summed E-state index contributed by atoms with van der Waals surface area (Å²) < 4.78 is 0. The Kier molecular flexibility index (Phi) is 6.16. The second kappa shape index (κ2) is 8.54. The summed E-state index contributed by atoms with van der Waals surface area (Å²) in [6.07, 6.45) is 5.95. The molecule has 4 nitrogen and oxygen atoms in total. The van der Waals surface area contributed by atoms with Crippen LogP contribution in [0.3, 0.4) is 0 Å². The molecule has 1 aliphatic rings. The number of rotatable bonds is 5. The van der Waals surface area contributed by atoms with Crippen LogP contribution in [0.25, 0.3) is 0 Å². The molecular weight excluding hydrogens is 357 g/mol. The summed E-state index contributed by atoms with van der Waals surface area (Å²) in [5, 5.41) is 1.29. The third-order valence-corrected chi connectivity index (χ3v) is 5.03. The lowest BCUT2D eigenvalue weighted by atomic mass is 10.1. The maximum absolute atomic E-state index is 12.4. The Morgan fingerprint density at radius 2 is 1.76 bits per heavy atom. The van der Waals surface area contributed by atoms with Gasteiger partial charge in [-0.2, -0.15) is 0 Å². The first kappa shape index (κ1) is 18.0. The van der Waals surface area contributed by atoms with Gasteiger partial charge in [0.2, 0.25) is 5.91 Å². The van der Waals surface area contributed by atoms with E-state index in [0.29, 0.717) is 16.5 Å². The number of carbonyl (C=O) groups is 1. The van der Waals surface area contributed by atoms with Gasteiger partial charge in [-0.05, 0) is 48.7 Å². The van der Waals surface area contributed by atoms with Crippen molar-refractivity contribution in [3.63, 3.8) is 0 Å². The number of pyridine rings is 1. The first-order valence-electron chi connectivity index (χ1n) is 8.50. The third kappa shape index (κ3) is 4.86. The number of anilines is 1. The molecule has 132 valence electrons. The lowest BCUT2D eigenvalue weighted by molar-refractivity contribution is -0.131. The van der Waals surface area contributed by atoms with Gasteiger partial charge in [0.15, 0.2) is 0 Å². The Morgan fingerprint density at radius 3 is 2.44 bits per heavy atom. The largest absolute Gasteiger partial charge is 0.367 e. The molecule has 2 aromatic rings. The van der Waals surface area contributed by atoms with Gasteiger partial charge >= 0.3 is 0 Å². The van der Waals surface area contributed by atoms with Crippen LogP contribution in [-0.4, -0.2) is 42.0 Å². The summed E-state index contributed by atoms with van der Waals surface area (Å²) in [6.45, 7) is 3.04. The molecule has 1 fully saturated rings. The zero-order valence-electron chi connectivity index (χ0n) is 14.0. The standard InChI is InChI=1S/C19H21Cl2N3O/c20-16-4-5-18(17(21)14-16)23-10-12-24(13-11-23)19(25)3-1-2-15-6-8-22-9-7-15/h4-9,14H,1-3,10-13H2. The summed E-state index contributed by atoms with van der Waals surface area (Å²) in [7, 11) is 0. The van der Waals surface area contributed by atoms with Gasteiger partial charge < -0.3 is 9.80 Å². The molecule has 25 heavy (non-hydrogen) atoms. The number of halogens is 2. The molecule has 2 heterocycles. The molecule has 1 saturated heterocycles. The Bertz CT molecular complexity index is 716. The van der Waals surface area contributed by atoms with E-state index in [1.807, 2.05) is 29.2 Å². The molecule has 1 aromatic heterocycles. The highest BCUT2D eigenvalue weighted by Crippen LogP contribution is 2.29. The van der Waals surface area contributed by atoms with Crippen LogP contribution in [-0.2, 0) is 11.2 Å². The number of hydrogen-bond acceptors (Lipinski definition) is 3. The van der Waals surface area contributed by atoms with Gasteiger partial charge in [-0.15, -0.1) is 0 Å². The number of amides is 1. The molecule has 0 bridgehead atoms. The SMILES string of the molecule is O=C(CCCc1ccncc1)N1CCN(c2ccc(Cl)cc2Cl)CC1. The van der Waals surface area contributed by atoms with E-state index < -0.39 is 0 Å². The van der Waals surface area contributed by atoms with Crippen molar-refractivity contribution in [1.29, 1.82) is 0 Å². The number of aryl methyl sites for hydroxylation is 1. The highest BCUT2D eigenvalue weighted by Gasteiger charge is 2.22. The first-order valence-corrected chi connectivity index (χ1v) is 9.26. The molecular formula is C19H21Cl2N3O. The smallest absolute Gasteiger partial charge is 0.222 e. The Hall–Kier alpha value is -1.78. The fourth-order valence-electron chi connectivity index (χ4n) is 3.09. The molecule has 6 heteroatoms. The second-order valence-electron chi connectivity index (χ2n) is 6.17. The average molecular weight is 378 g/mol. The summed E-state index contributed by atoms with van der Waals surface area (Å²) in [6, 6.07) is 9.55. The van der Waals surface area contributed by atoms with Gasteiger partial charge in [-0.3, -0.25) is 9.78 Å². The second-order valence-corrected chi connectivity index (χ2v) is 7.02. The van der Waals surface area contributed by atoms with Crippen LogP contribution in [0.15, 0.2) is 42.7 Å². The van der Waals surface area contributed by atoms with Crippen LogP contribution in [0.5, 0.6) is 0 Å². The molecule has 0 radical (unpaired) electrons. The minimum atomic E-state index is 0.232. The Labute approximate surface area is 158 Å². The summed E-state index contributed by atoms with van der Waals surface area (Å²) in [5.41, 5.74) is 2.21. The van der Waals surface area contributed by atoms with E-state index >= 15 is 0 Å². The number of hydrogen-bond donors (Lipinski definition) is 0. The zero-order valence-corrected chi connectivity index (χ0v) is 15.5. The predicted octanol–water partition coefficient (Wildman–Crippen LogP) is 4.06. The quantitative estimate of drug-likeness (QED) is 0.787. The minimum absolute atomic E-state index is 0.232. The van der Waals surface area contributed by atoms with Crippen molar-refractivity contribution >= 4 is 34.8 Å². The lowest BCUT2D eigenvalue weighted by Crippen LogP contribution is -2.48. The average Bonchev–Trinajstić information content (AvgIpc) is 2.63. The molecule has 0 atom stereocenters. The van der Waals surface area contributed by atoms with Gasteiger partial charge in [0, 0.05) is 50.0 Å². The third-order valence-electron chi connectivity index (χ3n) is 4.49. The highest BCUT2D eigenvalue weighted by atomic mass is 35.5. The van der Waals surface area contributed by atoms with Crippen LogP contribution < -0.4 is 4.90 Å². The van der Waals surface area contributed by atoms with Crippen molar-refractivity contribution in [2.75, 3.05) is 31.1 Å². The van der Waals surface area contributed by atoms with Gasteiger partial charge in [0.1, 0.15) is 0 Å². The number of benzene rings is 1. The molecule has 0 saturated carbocycles. The summed E-state index contributed by atoms with van der Waals surface area (Å²) in [5.74, 6) is 0.232. The predicted molar refractivity (Wildman–Crippen MR) is 102 cm³/mol. The van der Waals surface area contributed by atoms with Crippen molar-refractivity contribution in [1.82, 2.24) is 9.88 Å². The van der Waals surface area contributed by atoms with Crippen molar-refractivity contribution < 1.29 is 4.79 Å². The van der Waals surface area contributed by atoms with E-state index in [9.17, 15) is 4.79 Å². The number of nitrogens with zero attached hydrogens (tertiary/aromatic N) is 3. The lowest BCUT2D eigenvalue weighted by Gasteiger charge is -2.36. The molecule has 0 N–H and O–H groups in total. The van der Waals surface area contributed by atoms with Crippen molar-refractivity contribution in [3.05, 3.63) is 58.3 Å². The monoisotopic (exact) mass is 377 g/mol. The van der Waals surface area contributed by atoms with Crippen molar-refractivity contribution in [3.8, 4) is 0 Å². The van der Waals surface area contributed by atoms with E-state index in [0.717, 1.165) is 44.7 Å². The summed E-state index contributed by atoms with van der Waals surface area (Å²) >= 11 is 12.2. The van der Waals surface area contributed by atoms with E-state index in [4.69, 9.17) is 23.2 Å². The number of aromatic nitrogens is 1. The molecule has 3 rings (SSSR count). The molecule has 1 aliphatic heterocycles. The van der Waals surface area contributed by atoms with E-state index in [1.54, 1.807) is 18.5 Å². The maximum Gasteiger partial charge on any atom is 0.222 e. The fraction of sp³-hybridized carbons (Fsp3) is 0.368. The van der Waals surface area contributed by atoms with Gasteiger partial charge in [-0.25, -0.2) is 0 Å². The maximum atomic E-state index is 12.4. The van der Waals surface area contributed by atoms with Crippen molar-refractivity contribution in [2.24, 2.45) is 0 Å². The van der Waals surface area contributed by atoms with Crippen LogP contribution in [0.1, 0.15) is 18.4 Å². The van der Waals surface area contributed by atoms with Crippen LogP contribution >= 0.6 is 23.2 Å². The molecule has 0 spiro atoms. The fourth-order valence-corrected chi connectivity index (χ4v) is 3.61.